The first-order valence-corrected chi connectivity index (χ1v) is 14.1. The topological polar surface area (TPSA) is 120 Å². The normalized spacial score (nSPS) is 14.0. The number of amides is 2. The Kier molecular flexibility index (Phi) is 12.9. The van der Waals surface area contributed by atoms with Crippen molar-refractivity contribution in [3.8, 4) is 23.0 Å². The van der Waals surface area contributed by atoms with Crippen LogP contribution in [0.25, 0.3) is 10.9 Å². The van der Waals surface area contributed by atoms with E-state index in [4.69, 9.17) is 24.7 Å². The number of morpholine rings is 1. The Hall–Kier alpha value is -3.67. The third-order valence-corrected chi connectivity index (χ3v) is 6.27. The monoisotopic (exact) mass is 571 g/mol. The molecule has 4 rings (SSSR count). The van der Waals surface area contributed by atoms with Gasteiger partial charge in [-0.3, -0.25) is 9.88 Å². The van der Waals surface area contributed by atoms with Crippen LogP contribution >= 0.6 is 0 Å². The fourth-order valence-electron chi connectivity index (χ4n) is 4.15. The van der Waals surface area contributed by atoms with Crippen LogP contribution in [0.4, 0.5) is 14.9 Å². The van der Waals surface area contributed by atoms with Crippen LogP contribution in [0.1, 0.15) is 33.6 Å². The maximum Gasteiger partial charge on any atom is 0.319 e. The first-order valence-electron chi connectivity index (χ1n) is 14.1. The fourth-order valence-corrected chi connectivity index (χ4v) is 4.15. The number of hydrogen-bond donors (Lipinski definition) is 3. The van der Waals surface area contributed by atoms with E-state index in [9.17, 15) is 9.18 Å². The summed E-state index contributed by atoms with van der Waals surface area (Å²) >= 11 is 0. The van der Waals surface area contributed by atoms with Gasteiger partial charge in [-0.15, -0.1) is 0 Å². The number of carbonyl (C=O) groups is 1. The van der Waals surface area contributed by atoms with E-state index in [1.165, 1.54) is 12.1 Å². The molecule has 0 spiro atoms. The molecule has 1 saturated heterocycles. The van der Waals surface area contributed by atoms with Crippen molar-refractivity contribution in [1.82, 2.24) is 15.2 Å². The predicted molar refractivity (Wildman–Crippen MR) is 159 cm³/mol. The molecule has 1 aromatic heterocycles. The second kappa shape index (κ2) is 16.6. The van der Waals surface area contributed by atoms with Crippen LogP contribution < -0.4 is 30.6 Å². The molecule has 0 bridgehead atoms. The highest BCUT2D eigenvalue weighted by atomic mass is 19.1. The van der Waals surface area contributed by atoms with Crippen molar-refractivity contribution < 1.29 is 28.1 Å². The van der Waals surface area contributed by atoms with Crippen LogP contribution in [0.15, 0.2) is 42.6 Å². The number of hydrogen-bond acceptors (Lipinski definition) is 8. The van der Waals surface area contributed by atoms with E-state index in [2.05, 4.69) is 20.5 Å². The fraction of sp³-hybridized carbons (Fsp3) is 0.467. The summed E-state index contributed by atoms with van der Waals surface area (Å²) in [6, 6.07) is 9.01. The summed E-state index contributed by atoms with van der Waals surface area (Å²) in [5.74, 6) is 1.26. The molecule has 224 valence electrons. The van der Waals surface area contributed by atoms with Gasteiger partial charge in [-0.05, 0) is 44.0 Å². The number of nitrogens with zero attached hydrogens (tertiary/aromatic N) is 2. The van der Waals surface area contributed by atoms with Crippen LogP contribution in [0.2, 0.25) is 0 Å². The Morgan fingerprint density at radius 1 is 1.15 bits per heavy atom. The molecule has 0 radical (unpaired) electrons. The maximum absolute atomic E-state index is 14.7. The van der Waals surface area contributed by atoms with Gasteiger partial charge in [0.15, 0.2) is 11.5 Å². The molecule has 10 nitrogen and oxygen atoms in total. The molecule has 1 aliphatic heterocycles. The molecule has 2 amide bonds. The Morgan fingerprint density at radius 3 is 2.63 bits per heavy atom. The average Bonchev–Trinajstić information content (AvgIpc) is 2.98. The number of benzene rings is 2. The zero-order valence-corrected chi connectivity index (χ0v) is 24.4. The highest BCUT2D eigenvalue weighted by molar-refractivity contribution is 5.90. The molecule has 1 atom stereocenters. The van der Waals surface area contributed by atoms with E-state index < -0.39 is 11.8 Å². The lowest BCUT2D eigenvalue weighted by atomic mass is 10.1. The molecular formula is C30H42FN5O5. The molecule has 2 aromatic carbocycles. The summed E-state index contributed by atoms with van der Waals surface area (Å²) in [6.07, 6.45) is 3.11. The molecule has 41 heavy (non-hydrogen) atoms. The summed E-state index contributed by atoms with van der Waals surface area (Å²) in [4.78, 5) is 18.8. The highest BCUT2D eigenvalue weighted by Crippen LogP contribution is 2.37. The predicted octanol–water partition coefficient (Wildman–Crippen LogP) is 5.16. The number of carbonyl (C=O) groups excluding carboxylic acids is 1. The van der Waals surface area contributed by atoms with Crippen LogP contribution in [0, 0.1) is 5.82 Å². The minimum absolute atomic E-state index is 0.0348. The largest absolute Gasteiger partial charge is 0.493 e. The van der Waals surface area contributed by atoms with Crippen LogP contribution in [0.3, 0.4) is 0 Å². The molecule has 11 heteroatoms. The number of methoxy groups -OCH3 is 1. The second-order valence-electron chi connectivity index (χ2n) is 9.38. The first-order chi connectivity index (χ1) is 19.9. The minimum atomic E-state index is -0.626. The molecule has 1 aliphatic rings. The third kappa shape index (κ3) is 9.73. The van der Waals surface area contributed by atoms with Crippen molar-refractivity contribution in [2.45, 2.75) is 39.7 Å². The lowest BCUT2D eigenvalue weighted by Crippen LogP contribution is -2.37. The van der Waals surface area contributed by atoms with E-state index in [0.29, 0.717) is 47.7 Å². The number of urea groups is 1. The molecular weight excluding hydrogens is 529 g/mol. The lowest BCUT2D eigenvalue weighted by molar-refractivity contribution is 0.0357. The molecule has 0 saturated carbocycles. The summed E-state index contributed by atoms with van der Waals surface area (Å²) < 4.78 is 37.7. The zero-order valence-electron chi connectivity index (χ0n) is 24.4. The van der Waals surface area contributed by atoms with Gasteiger partial charge < -0.3 is 35.3 Å². The number of nitrogens with one attached hydrogen (secondary N) is 2. The van der Waals surface area contributed by atoms with Crippen molar-refractivity contribution in [3.05, 3.63) is 48.4 Å². The number of ether oxygens (including phenoxy) is 4. The summed E-state index contributed by atoms with van der Waals surface area (Å²) in [5.41, 5.74) is 6.36. The van der Waals surface area contributed by atoms with Gasteiger partial charge in [-0.1, -0.05) is 13.8 Å². The number of aromatic nitrogens is 1. The lowest BCUT2D eigenvalue weighted by Gasteiger charge is -2.26. The van der Waals surface area contributed by atoms with Gasteiger partial charge in [0.05, 0.1) is 38.1 Å². The molecule has 4 N–H and O–H groups in total. The van der Waals surface area contributed by atoms with Crippen LogP contribution in [-0.4, -0.2) is 75.1 Å². The van der Waals surface area contributed by atoms with E-state index in [1.807, 2.05) is 26.8 Å². The number of halogens is 1. The van der Waals surface area contributed by atoms with Crippen LogP contribution in [0.5, 0.6) is 23.0 Å². The van der Waals surface area contributed by atoms with Gasteiger partial charge in [0.25, 0.3) is 0 Å². The van der Waals surface area contributed by atoms with Gasteiger partial charge in [0.1, 0.15) is 17.3 Å². The maximum atomic E-state index is 14.7. The smallest absolute Gasteiger partial charge is 0.319 e. The van der Waals surface area contributed by atoms with Crippen LogP contribution in [-0.2, 0) is 4.74 Å². The van der Waals surface area contributed by atoms with Crippen molar-refractivity contribution in [3.63, 3.8) is 0 Å². The van der Waals surface area contributed by atoms with Crippen molar-refractivity contribution in [1.29, 1.82) is 0 Å². The summed E-state index contributed by atoms with van der Waals surface area (Å²) in [6.45, 7) is 11.2. The van der Waals surface area contributed by atoms with E-state index in [-0.39, 0.29) is 17.5 Å². The Labute approximate surface area is 241 Å². The zero-order chi connectivity index (χ0) is 29.6. The van der Waals surface area contributed by atoms with E-state index >= 15 is 0 Å². The number of nitrogens with two attached hydrogens (primary N) is 1. The van der Waals surface area contributed by atoms with Crippen molar-refractivity contribution in [2.75, 3.05) is 58.4 Å². The molecule has 3 aromatic rings. The Balaban J connectivity index is 0.00000226. The third-order valence-electron chi connectivity index (χ3n) is 6.27. The number of rotatable bonds is 12. The summed E-state index contributed by atoms with van der Waals surface area (Å²) in [5, 5.41) is 5.83. The van der Waals surface area contributed by atoms with Gasteiger partial charge >= 0.3 is 6.03 Å². The summed E-state index contributed by atoms with van der Waals surface area (Å²) in [7, 11) is 1.58. The van der Waals surface area contributed by atoms with E-state index in [1.54, 1.807) is 31.5 Å². The van der Waals surface area contributed by atoms with Crippen molar-refractivity contribution >= 4 is 22.6 Å². The molecule has 2 heterocycles. The van der Waals surface area contributed by atoms with Gasteiger partial charge in [-0.2, -0.15) is 0 Å². The molecule has 0 aliphatic carbocycles. The second-order valence-corrected chi connectivity index (χ2v) is 9.38. The van der Waals surface area contributed by atoms with Crippen molar-refractivity contribution in [2.24, 2.45) is 5.73 Å². The van der Waals surface area contributed by atoms with Gasteiger partial charge in [0, 0.05) is 55.9 Å². The SMILES string of the molecule is CC.COc1cc2c(Oc3ccc(NC(=O)NCCC(C)N)c(F)c3)ccnc2cc1OCCCN1CCOCC1. The molecule has 1 unspecified atom stereocenters. The first kappa shape index (κ1) is 31.9. The number of anilines is 1. The average molecular weight is 572 g/mol. The van der Waals surface area contributed by atoms with Gasteiger partial charge in [-0.25, -0.2) is 9.18 Å². The Bertz CT molecular complexity index is 1250. The number of fused-ring (bicyclic) bond motifs is 1. The number of pyridine rings is 1. The quantitative estimate of drug-likeness (QED) is 0.255. The molecule has 1 fully saturated rings. The standard InChI is InChI=1S/C28H36FN5O5.C2H6/c1-19(30)6-8-32-28(35)33-23-5-4-20(16-22(23)29)39-25-7-9-31-24-18-27(26(36-2)17-21(24)25)38-13-3-10-34-11-14-37-15-12-34;1-2/h4-5,7,9,16-19H,3,6,8,10-15,30H2,1-2H3,(H2,32,33,35);1-2H3. The minimum Gasteiger partial charge on any atom is -0.493 e. The van der Waals surface area contributed by atoms with Gasteiger partial charge in [0.2, 0.25) is 0 Å². The Morgan fingerprint density at radius 2 is 1.93 bits per heavy atom. The van der Waals surface area contributed by atoms with E-state index in [0.717, 1.165) is 39.3 Å². The highest BCUT2D eigenvalue weighted by Gasteiger charge is 2.15.